The van der Waals surface area contributed by atoms with Crippen LogP contribution in [-0.2, 0) is 9.53 Å². The van der Waals surface area contributed by atoms with Gasteiger partial charge in [0.2, 0.25) is 0 Å². The van der Waals surface area contributed by atoms with E-state index in [9.17, 15) is 9.90 Å². The highest BCUT2D eigenvalue weighted by molar-refractivity contribution is 5.65. The molecule has 1 fully saturated rings. The minimum absolute atomic E-state index is 0.0189. The number of carboxylic acids is 1. The average molecular weight is 289 g/mol. The SMILES string of the molecule is CC[C@@]1(C)C[C@@H]([C@@H](CC(=O)[O-])c2ccc(C)cc2)CCO1. The third-order valence-electron chi connectivity index (χ3n) is 4.84. The molecule has 1 aromatic carbocycles. The fourth-order valence-corrected chi connectivity index (χ4v) is 3.31. The van der Waals surface area contributed by atoms with E-state index in [0.29, 0.717) is 12.5 Å². The van der Waals surface area contributed by atoms with Gasteiger partial charge in [0.25, 0.3) is 0 Å². The van der Waals surface area contributed by atoms with Crippen molar-refractivity contribution in [1.29, 1.82) is 0 Å². The number of ether oxygens (including phenoxy) is 1. The van der Waals surface area contributed by atoms with E-state index in [4.69, 9.17) is 4.74 Å². The van der Waals surface area contributed by atoms with Gasteiger partial charge in [-0.1, -0.05) is 36.8 Å². The fourth-order valence-electron chi connectivity index (χ4n) is 3.31. The molecule has 0 saturated carbocycles. The van der Waals surface area contributed by atoms with Crippen LogP contribution in [0.5, 0.6) is 0 Å². The lowest BCUT2D eigenvalue weighted by molar-refractivity contribution is -0.306. The molecule has 0 aliphatic carbocycles. The van der Waals surface area contributed by atoms with Crippen molar-refractivity contribution in [2.24, 2.45) is 5.92 Å². The summed E-state index contributed by atoms with van der Waals surface area (Å²) in [6.07, 6.45) is 2.87. The maximum Gasteiger partial charge on any atom is 0.0654 e. The molecule has 0 spiro atoms. The molecule has 21 heavy (non-hydrogen) atoms. The van der Waals surface area contributed by atoms with Crippen molar-refractivity contribution < 1.29 is 14.6 Å². The first kappa shape index (κ1) is 16.0. The van der Waals surface area contributed by atoms with Crippen LogP contribution in [0.3, 0.4) is 0 Å². The van der Waals surface area contributed by atoms with E-state index in [0.717, 1.165) is 24.8 Å². The smallest absolute Gasteiger partial charge is 0.0654 e. The molecule has 1 heterocycles. The molecule has 3 heteroatoms. The predicted octanol–water partition coefficient (Wildman–Crippen LogP) is 2.81. The Morgan fingerprint density at radius 2 is 2.10 bits per heavy atom. The molecule has 1 aliphatic heterocycles. The Balaban J connectivity index is 2.23. The van der Waals surface area contributed by atoms with Gasteiger partial charge in [-0.15, -0.1) is 0 Å². The molecule has 1 aliphatic rings. The monoisotopic (exact) mass is 289 g/mol. The summed E-state index contributed by atoms with van der Waals surface area (Å²) in [4.78, 5) is 11.2. The zero-order valence-electron chi connectivity index (χ0n) is 13.2. The van der Waals surface area contributed by atoms with Crippen molar-refractivity contribution in [3.8, 4) is 0 Å². The van der Waals surface area contributed by atoms with Gasteiger partial charge in [-0.3, -0.25) is 0 Å². The molecule has 2 rings (SSSR count). The summed E-state index contributed by atoms with van der Waals surface area (Å²) >= 11 is 0. The molecule has 1 saturated heterocycles. The highest BCUT2D eigenvalue weighted by atomic mass is 16.5. The molecule has 0 radical (unpaired) electrons. The second-order valence-corrected chi connectivity index (χ2v) is 6.50. The second kappa shape index (κ2) is 6.61. The number of carbonyl (C=O) groups is 1. The van der Waals surface area contributed by atoms with Gasteiger partial charge in [-0.05, 0) is 56.9 Å². The standard InChI is InChI=1S/C18H26O3/c1-4-18(3)12-15(9-10-21-18)16(11-17(19)20)14-7-5-13(2)6-8-14/h5-8,15-16H,4,9-12H2,1-3H3,(H,19,20)/p-1/t15-,16-,18-/m0/s1. The summed E-state index contributed by atoms with van der Waals surface area (Å²) in [5.74, 6) is -0.611. The van der Waals surface area contributed by atoms with Gasteiger partial charge in [-0.25, -0.2) is 0 Å². The molecular formula is C18H25O3-. The van der Waals surface area contributed by atoms with Gasteiger partial charge in [0.05, 0.1) is 5.60 Å². The number of aliphatic carboxylic acids is 1. The van der Waals surface area contributed by atoms with E-state index >= 15 is 0 Å². The minimum Gasteiger partial charge on any atom is -0.550 e. The normalized spacial score (nSPS) is 27.3. The summed E-state index contributed by atoms with van der Waals surface area (Å²) in [7, 11) is 0. The fraction of sp³-hybridized carbons (Fsp3) is 0.611. The first-order valence-corrected chi connectivity index (χ1v) is 7.84. The lowest BCUT2D eigenvalue weighted by Crippen LogP contribution is -2.39. The quantitative estimate of drug-likeness (QED) is 0.837. The van der Waals surface area contributed by atoms with Crippen molar-refractivity contribution in [3.63, 3.8) is 0 Å². The lowest BCUT2D eigenvalue weighted by Gasteiger charge is -2.41. The van der Waals surface area contributed by atoms with Crippen LogP contribution in [0.1, 0.15) is 56.6 Å². The Labute approximate surface area is 127 Å². The number of carboxylic acid groups (broad SMARTS) is 1. The van der Waals surface area contributed by atoms with Crippen molar-refractivity contribution in [1.82, 2.24) is 0 Å². The van der Waals surface area contributed by atoms with Crippen LogP contribution in [-0.4, -0.2) is 18.2 Å². The van der Waals surface area contributed by atoms with Gasteiger partial charge >= 0.3 is 0 Å². The van der Waals surface area contributed by atoms with E-state index in [2.05, 4.69) is 38.1 Å². The van der Waals surface area contributed by atoms with E-state index in [-0.39, 0.29) is 17.9 Å². The van der Waals surface area contributed by atoms with Crippen LogP contribution < -0.4 is 5.11 Å². The van der Waals surface area contributed by atoms with Gasteiger partial charge in [-0.2, -0.15) is 0 Å². The molecule has 1 aromatic rings. The van der Waals surface area contributed by atoms with Crippen molar-refractivity contribution >= 4 is 5.97 Å². The number of rotatable bonds is 5. The minimum atomic E-state index is -0.967. The summed E-state index contributed by atoms with van der Waals surface area (Å²) in [5, 5.41) is 11.2. The van der Waals surface area contributed by atoms with E-state index in [1.54, 1.807) is 0 Å². The van der Waals surface area contributed by atoms with Crippen molar-refractivity contribution in [2.45, 2.75) is 58.0 Å². The molecule has 0 N–H and O–H groups in total. The number of benzene rings is 1. The number of hydrogen-bond donors (Lipinski definition) is 0. The third kappa shape index (κ3) is 4.07. The van der Waals surface area contributed by atoms with E-state index in [1.807, 2.05) is 6.92 Å². The van der Waals surface area contributed by atoms with Crippen LogP contribution >= 0.6 is 0 Å². The highest BCUT2D eigenvalue weighted by Gasteiger charge is 2.35. The first-order valence-electron chi connectivity index (χ1n) is 7.84. The first-order chi connectivity index (χ1) is 9.93. The largest absolute Gasteiger partial charge is 0.550 e. The summed E-state index contributed by atoms with van der Waals surface area (Å²) in [6, 6.07) is 8.22. The Hall–Kier alpha value is -1.35. The van der Waals surface area contributed by atoms with Gasteiger partial charge in [0, 0.05) is 12.6 Å². The van der Waals surface area contributed by atoms with E-state index in [1.165, 1.54) is 5.56 Å². The van der Waals surface area contributed by atoms with Gasteiger partial charge < -0.3 is 14.6 Å². The number of aryl methyl sites for hydroxylation is 1. The maximum atomic E-state index is 11.2. The Morgan fingerprint density at radius 3 is 2.67 bits per heavy atom. The third-order valence-corrected chi connectivity index (χ3v) is 4.84. The summed E-state index contributed by atoms with van der Waals surface area (Å²) in [5.41, 5.74) is 2.17. The zero-order chi connectivity index (χ0) is 15.5. The topological polar surface area (TPSA) is 49.4 Å². The predicted molar refractivity (Wildman–Crippen MR) is 80.9 cm³/mol. The summed E-state index contributed by atoms with van der Waals surface area (Å²) in [6.45, 7) is 7.01. The van der Waals surface area contributed by atoms with Crippen LogP contribution in [0.2, 0.25) is 0 Å². The van der Waals surface area contributed by atoms with Crippen LogP contribution in [0.25, 0.3) is 0 Å². The molecule has 3 atom stereocenters. The molecule has 116 valence electrons. The van der Waals surface area contributed by atoms with Crippen LogP contribution in [0, 0.1) is 12.8 Å². The lowest BCUT2D eigenvalue weighted by atomic mass is 9.74. The Kier molecular flexibility index (Phi) is 5.04. The van der Waals surface area contributed by atoms with Crippen molar-refractivity contribution in [3.05, 3.63) is 35.4 Å². The maximum absolute atomic E-state index is 11.2. The van der Waals surface area contributed by atoms with Gasteiger partial charge in [0.15, 0.2) is 0 Å². The highest BCUT2D eigenvalue weighted by Crippen LogP contribution is 2.41. The van der Waals surface area contributed by atoms with Gasteiger partial charge in [0.1, 0.15) is 0 Å². The second-order valence-electron chi connectivity index (χ2n) is 6.50. The molecule has 0 amide bonds. The van der Waals surface area contributed by atoms with Crippen LogP contribution in [0.4, 0.5) is 0 Å². The molecule has 0 unspecified atom stereocenters. The molecular weight excluding hydrogens is 264 g/mol. The Bertz CT molecular complexity index is 480. The number of carbonyl (C=O) groups excluding carboxylic acids is 1. The Morgan fingerprint density at radius 1 is 1.43 bits per heavy atom. The van der Waals surface area contributed by atoms with E-state index < -0.39 is 5.97 Å². The van der Waals surface area contributed by atoms with Crippen molar-refractivity contribution in [2.75, 3.05) is 6.61 Å². The van der Waals surface area contributed by atoms with Crippen LogP contribution in [0.15, 0.2) is 24.3 Å². The average Bonchev–Trinajstić information content (AvgIpc) is 2.46. The molecule has 3 nitrogen and oxygen atoms in total. The molecule has 0 bridgehead atoms. The number of hydrogen-bond acceptors (Lipinski definition) is 3. The zero-order valence-corrected chi connectivity index (χ0v) is 13.2. The molecule has 0 aromatic heterocycles. The summed E-state index contributed by atoms with van der Waals surface area (Å²) < 4.78 is 5.89.